The van der Waals surface area contributed by atoms with E-state index in [0.29, 0.717) is 12.2 Å². The van der Waals surface area contributed by atoms with Crippen LogP contribution in [0.2, 0.25) is 0 Å². The Morgan fingerprint density at radius 1 is 1.44 bits per heavy atom. The number of ether oxygens (including phenoxy) is 1. The quantitative estimate of drug-likeness (QED) is 0.557. The van der Waals surface area contributed by atoms with Crippen molar-refractivity contribution in [3.63, 3.8) is 0 Å². The maximum atomic E-state index is 12.5. The predicted molar refractivity (Wildman–Crippen MR) is 93.2 cm³/mol. The van der Waals surface area contributed by atoms with Crippen LogP contribution in [0.15, 0.2) is 36.9 Å². The van der Waals surface area contributed by atoms with E-state index in [2.05, 4.69) is 11.9 Å². The Labute approximate surface area is 147 Å². The lowest BCUT2D eigenvalue weighted by atomic mass is 9.96. The number of carbonyl (C=O) groups is 2. The largest absolute Gasteiger partial charge is 0.491 e. The molecule has 1 aromatic rings. The molecular formula is C19H24N2O4. The fourth-order valence-electron chi connectivity index (χ4n) is 3.24. The van der Waals surface area contributed by atoms with Crippen molar-refractivity contribution in [2.75, 3.05) is 13.2 Å². The van der Waals surface area contributed by atoms with E-state index >= 15 is 0 Å². The number of amides is 3. The average molecular weight is 344 g/mol. The highest BCUT2D eigenvalue weighted by Gasteiger charge is 2.56. The molecule has 3 amide bonds. The zero-order chi connectivity index (χ0) is 18.0. The first-order chi connectivity index (χ1) is 12.0. The minimum atomic E-state index is -0.951. The van der Waals surface area contributed by atoms with Crippen molar-refractivity contribution in [1.82, 2.24) is 10.2 Å². The molecule has 1 aliphatic heterocycles. The maximum Gasteiger partial charge on any atom is 0.325 e. The lowest BCUT2D eigenvalue weighted by molar-refractivity contribution is -0.132. The van der Waals surface area contributed by atoms with Crippen LogP contribution in [-0.2, 0) is 11.2 Å². The van der Waals surface area contributed by atoms with Crippen molar-refractivity contribution >= 4 is 11.9 Å². The number of carbonyl (C=O) groups excluding carboxylic acids is 2. The number of urea groups is 1. The molecule has 0 aromatic heterocycles. The van der Waals surface area contributed by atoms with Gasteiger partial charge in [0.2, 0.25) is 0 Å². The summed E-state index contributed by atoms with van der Waals surface area (Å²) in [5, 5.41) is 13.0. The number of nitrogens with one attached hydrogen (secondary N) is 1. The molecule has 134 valence electrons. The molecule has 2 aliphatic rings. The maximum absolute atomic E-state index is 12.5. The van der Waals surface area contributed by atoms with Crippen molar-refractivity contribution in [3.8, 4) is 5.75 Å². The number of hydrogen-bond donors (Lipinski definition) is 2. The van der Waals surface area contributed by atoms with Crippen LogP contribution in [0.1, 0.15) is 25.3 Å². The van der Waals surface area contributed by atoms with Crippen molar-refractivity contribution in [1.29, 1.82) is 0 Å². The van der Waals surface area contributed by atoms with Gasteiger partial charge in [-0.25, -0.2) is 4.79 Å². The summed E-state index contributed by atoms with van der Waals surface area (Å²) in [6.07, 6.45) is 3.39. The monoisotopic (exact) mass is 344 g/mol. The molecule has 1 aromatic carbocycles. The van der Waals surface area contributed by atoms with E-state index in [9.17, 15) is 14.7 Å². The van der Waals surface area contributed by atoms with Crippen LogP contribution in [0.3, 0.4) is 0 Å². The number of benzene rings is 1. The number of hydrogen-bond acceptors (Lipinski definition) is 4. The average Bonchev–Trinajstić information content (AvgIpc) is 3.41. The lowest BCUT2D eigenvalue weighted by Gasteiger charge is -2.22. The molecule has 0 spiro atoms. The molecule has 1 saturated heterocycles. The number of rotatable bonds is 8. The van der Waals surface area contributed by atoms with E-state index in [1.807, 2.05) is 24.3 Å². The molecule has 1 heterocycles. The van der Waals surface area contributed by atoms with Gasteiger partial charge in [-0.3, -0.25) is 9.69 Å². The second kappa shape index (κ2) is 6.88. The van der Waals surface area contributed by atoms with Crippen LogP contribution in [0.25, 0.3) is 0 Å². The minimum Gasteiger partial charge on any atom is -0.491 e. The molecule has 0 bridgehead atoms. The molecular weight excluding hydrogens is 320 g/mol. The molecule has 25 heavy (non-hydrogen) atoms. The lowest BCUT2D eigenvalue weighted by Crippen LogP contribution is -2.46. The molecule has 6 heteroatoms. The molecule has 2 N–H and O–H groups in total. The van der Waals surface area contributed by atoms with Gasteiger partial charge in [-0.15, -0.1) is 6.58 Å². The summed E-state index contributed by atoms with van der Waals surface area (Å²) in [6, 6.07) is 7.08. The summed E-state index contributed by atoms with van der Waals surface area (Å²) in [4.78, 5) is 25.8. The Morgan fingerprint density at radius 3 is 2.84 bits per heavy atom. The molecule has 1 aliphatic carbocycles. The van der Waals surface area contributed by atoms with Gasteiger partial charge < -0.3 is 15.2 Å². The molecule has 2 atom stereocenters. The van der Waals surface area contributed by atoms with Gasteiger partial charge in [-0.2, -0.15) is 0 Å². The van der Waals surface area contributed by atoms with Gasteiger partial charge in [0.1, 0.15) is 24.0 Å². The Morgan fingerprint density at radius 2 is 2.16 bits per heavy atom. The van der Waals surface area contributed by atoms with Crippen molar-refractivity contribution in [2.45, 2.75) is 37.8 Å². The Balaban J connectivity index is 1.58. The number of imide groups is 1. The van der Waals surface area contributed by atoms with Crippen molar-refractivity contribution < 1.29 is 19.4 Å². The molecule has 2 fully saturated rings. The van der Waals surface area contributed by atoms with Gasteiger partial charge in [-0.05, 0) is 43.7 Å². The fraction of sp³-hybridized carbons (Fsp3) is 0.474. The van der Waals surface area contributed by atoms with Crippen LogP contribution in [0, 0.1) is 5.92 Å². The number of aliphatic hydroxyl groups is 1. The van der Waals surface area contributed by atoms with E-state index in [4.69, 9.17) is 4.74 Å². The van der Waals surface area contributed by atoms with Crippen LogP contribution in [-0.4, -0.2) is 46.7 Å². The van der Waals surface area contributed by atoms with Gasteiger partial charge in [-0.1, -0.05) is 24.3 Å². The molecule has 0 radical (unpaired) electrons. The summed E-state index contributed by atoms with van der Waals surface area (Å²) in [5.74, 6) is 0.612. The summed E-state index contributed by atoms with van der Waals surface area (Å²) in [7, 11) is 0. The highest BCUT2D eigenvalue weighted by Crippen LogP contribution is 2.42. The van der Waals surface area contributed by atoms with Gasteiger partial charge >= 0.3 is 6.03 Å². The Hall–Kier alpha value is -2.34. The number of nitrogens with zero attached hydrogens (tertiary/aromatic N) is 1. The van der Waals surface area contributed by atoms with E-state index in [-0.39, 0.29) is 25.0 Å². The van der Waals surface area contributed by atoms with Crippen molar-refractivity contribution in [2.24, 2.45) is 5.92 Å². The highest BCUT2D eigenvalue weighted by atomic mass is 16.5. The van der Waals surface area contributed by atoms with Gasteiger partial charge in [0.05, 0.1) is 6.54 Å². The van der Waals surface area contributed by atoms with E-state index in [1.54, 1.807) is 13.0 Å². The van der Waals surface area contributed by atoms with Crippen LogP contribution >= 0.6 is 0 Å². The molecule has 1 saturated carbocycles. The SMILES string of the molecule is C=CCc1ccccc1OCC(O)CN1C(=O)NC(C)(C2CC2)C1=O. The number of β-amino-alcohol motifs (C(OH)–C–C–N with tert-alkyl or cyclic N) is 1. The first-order valence-corrected chi connectivity index (χ1v) is 8.59. The first kappa shape index (κ1) is 17.5. The zero-order valence-electron chi connectivity index (χ0n) is 14.4. The van der Waals surface area contributed by atoms with Crippen LogP contribution in [0.4, 0.5) is 4.79 Å². The molecule has 6 nitrogen and oxygen atoms in total. The third-order valence-corrected chi connectivity index (χ3v) is 4.86. The highest BCUT2D eigenvalue weighted by molar-refractivity contribution is 6.07. The smallest absolute Gasteiger partial charge is 0.325 e. The Bertz CT molecular complexity index is 686. The van der Waals surface area contributed by atoms with E-state index < -0.39 is 17.7 Å². The predicted octanol–water partition coefficient (Wildman–Crippen LogP) is 1.88. The number of para-hydroxylation sites is 1. The second-order valence-corrected chi connectivity index (χ2v) is 6.89. The Kier molecular flexibility index (Phi) is 4.81. The summed E-state index contributed by atoms with van der Waals surface area (Å²) in [6.45, 7) is 5.41. The topological polar surface area (TPSA) is 78.9 Å². The molecule has 3 rings (SSSR count). The second-order valence-electron chi connectivity index (χ2n) is 6.89. The van der Waals surface area contributed by atoms with Crippen molar-refractivity contribution in [3.05, 3.63) is 42.5 Å². The summed E-state index contributed by atoms with van der Waals surface area (Å²) in [5.41, 5.74) is 0.148. The normalized spacial score (nSPS) is 24.2. The minimum absolute atomic E-state index is 0.00532. The third-order valence-electron chi connectivity index (χ3n) is 4.86. The van der Waals surface area contributed by atoms with Gasteiger partial charge in [0.15, 0.2) is 0 Å². The van der Waals surface area contributed by atoms with Crippen LogP contribution in [0.5, 0.6) is 5.75 Å². The summed E-state index contributed by atoms with van der Waals surface area (Å²) >= 11 is 0. The van der Waals surface area contributed by atoms with E-state index in [1.165, 1.54) is 0 Å². The fourth-order valence-corrected chi connectivity index (χ4v) is 3.24. The van der Waals surface area contributed by atoms with Gasteiger partial charge in [0, 0.05) is 0 Å². The summed E-state index contributed by atoms with van der Waals surface area (Å²) < 4.78 is 5.68. The van der Waals surface area contributed by atoms with Gasteiger partial charge in [0.25, 0.3) is 5.91 Å². The molecule has 2 unspecified atom stereocenters. The third kappa shape index (κ3) is 3.54. The van der Waals surface area contributed by atoms with Crippen LogP contribution < -0.4 is 10.1 Å². The standard InChI is InChI=1S/C19H24N2O4/c1-3-6-13-7-4-5-8-16(13)25-12-15(22)11-21-17(23)19(2,14-9-10-14)20-18(21)24/h3-5,7-8,14-15,22H,1,6,9-12H2,2H3,(H,20,24). The first-order valence-electron chi connectivity index (χ1n) is 8.59. The number of allylic oxidation sites excluding steroid dienone is 1. The number of aliphatic hydroxyl groups excluding tert-OH is 1. The van der Waals surface area contributed by atoms with E-state index in [0.717, 1.165) is 23.3 Å². The zero-order valence-corrected chi connectivity index (χ0v) is 14.4.